The number of carbonyl (C=O) groups is 1. The van der Waals surface area contributed by atoms with Crippen molar-refractivity contribution in [2.75, 3.05) is 0 Å². The molecule has 0 spiro atoms. The minimum Gasteiger partial charge on any atom is -0.474 e. The molecular weight excluding hydrogens is 303 g/mol. The van der Waals surface area contributed by atoms with E-state index >= 15 is 0 Å². The zero-order valence-electron chi connectivity index (χ0n) is 13.5. The normalized spacial score (nSPS) is 22.5. The fourth-order valence-corrected chi connectivity index (χ4v) is 3.04. The molecule has 0 radical (unpaired) electrons. The van der Waals surface area contributed by atoms with Crippen LogP contribution >= 0.6 is 0 Å². The van der Waals surface area contributed by atoms with E-state index in [0.29, 0.717) is 0 Å². The average Bonchev–Trinajstić information content (AvgIpc) is 2.46. The van der Waals surface area contributed by atoms with Crippen molar-refractivity contribution < 1.29 is 18.8 Å². The molecule has 0 bridgehead atoms. The van der Waals surface area contributed by atoms with Crippen LogP contribution < -0.4 is 4.74 Å². The fourth-order valence-electron chi connectivity index (χ4n) is 3.04. The Balaban J connectivity index is 2.18. The summed E-state index contributed by atoms with van der Waals surface area (Å²) in [6, 6.07) is 3.16. The van der Waals surface area contributed by atoms with E-state index in [0.717, 1.165) is 37.5 Å². The largest absolute Gasteiger partial charge is 0.474 e. The Hall–Kier alpha value is -2.18. The summed E-state index contributed by atoms with van der Waals surface area (Å²) >= 11 is 0. The second kappa shape index (κ2) is 6.93. The van der Waals surface area contributed by atoms with Crippen molar-refractivity contribution in [2.45, 2.75) is 58.2 Å². The highest BCUT2D eigenvalue weighted by molar-refractivity contribution is 5.81. The van der Waals surface area contributed by atoms with Crippen LogP contribution in [0.5, 0.6) is 5.75 Å². The van der Waals surface area contributed by atoms with Crippen molar-refractivity contribution in [3.05, 3.63) is 34.1 Å². The molecule has 1 aliphatic heterocycles. The zero-order chi connectivity index (χ0) is 17.1. The van der Waals surface area contributed by atoms with Crippen molar-refractivity contribution in [1.29, 1.82) is 0 Å². The molecule has 1 aliphatic rings. The monoisotopic (exact) mass is 324 g/mol. The number of ether oxygens (including phenoxy) is 1. The van der Waals surface area contributed by atoms with Crippen LogP contribution in [0.3, 0.4) is 0 Å². The quantitative estimate of drug-likeness (QED) is 0.629. The molecule has 0 aromatic heterocycles. The maximum Gasteiger partial charge on any atom is 0.311 e. The molecule has 1 saturated heterocycles. The van der Waals surface area contributed by atoms with Crippen LogP contribution in [-0.2, 0) is 4.79 Å². The number of nitro groups is 1. The van der Waals surface area contributed by atoms with Crippen molar-refractivity contribution >= 4 is 11.6 Å². The number of halogens is 1. The Morgan fingerprint density at radius 2 is 2.00 bits per heavy atom. The number of nitro benzene ring substituents is 1. The van der Waals surface area contributed by atoms with Crippen molar-refractivity contribution in [3.63, 3.8) is 0 Å². The molecule has 1 heterocycles. The molecule has 0 unspecified atom stereocenters. The summed E-state index contributed by atoms with van der Waals surface area (Å²) in [7, 11) is 0. The third-order valence-corrected chi connectivity index (χ3v) is 4.22. The van der Waals surface area contributed by atoms with E-state index in [2.05, 4.69) is 0 Å². The van der Waals surface area contributed by atoms with Gasteiger partial charge in [-0.2, -0.15) is 0 Å². The summed E-state index contributed by atoms with van der Waals surface area (Å²) < 4.78 is 18.8. The minimum absolute atomic E-state index is 0.0970. The van der Waals surface area contributed by atoms with E-state index in [9.17, 15) is 19.3 Å². The number of nitrogens with zero attached hydrogens (tertiary/aromatic N) is 2. The third-order valence-electron chi connectivity index (χ3n) is 4.22. The second-order valence-corrected chi connectivity index (χ2v) is 6.00. The predicted octanol–water partition coefficient (Wildman–Crippen LogP) is 3.29. The van der Waals surface area contributed by atoms with Crippen molar-refractivity contribution in [2.24, 2.45) is 0 Å². The Morgan fingerprint density at radius 1 is 1.39 bits per heavy atom. The molecule has 0 saturated carbocycles. The van der Waals surface area contributed by atoms with E-state index in [-0.39, 0.29) is 29.4 Å². The van der Waals surface area contributed by atoms with Crippen LogP contribution in [0.15, 0.2) is 18.2 Å². The topological polar surface area (TPSA) is 72.7 Å². The second-order valence-electron chi connectivity index (χ2n) is 6.00. The molecular formula is C16H21FN2O4. The smallest absolute Gasteiger partial charge is 0.311 e. The minimum atomic E-state index is -0.918. The van der Waals surface area contributed by atoms with Gasteiger partial charge in [-0.05, 0) is 46.1 Å². The number of hydrogen-bond donors (Lipinski definition) is 0. The first kappa shape index (κ1) is 17.2. The first-order chi connectivity index (χ1) is 10.8. The summed E-state index contributed by atoms with van der Waals surface area (Å²) in [4.78, 5) is 24.7. The maximum atomic E-state index is 13.3. The molecule has 7 heteroatoms. The highest BCUT2D eigenvalue weighted by Crippen LogP contribution is 2.30. The molecule has 1 amide bonds. The van der Waals surface area contributed by atoms with Gasteiger partial charge < -0.3 is 9.64 Å². The lowest BCUT2D eigenvalue weighted by Gasteiger charge is -2.40. The summed E-state index contributed by atoms with van der Waals surface area (Å²) in [6.07, 6.45) is 1.99. The van der Waals surface area contributed by atoms with E-state index in [1.54, 1.807) is 4.90 Å². The predicted molar refractivity (Wildman–Crippen MR) is 82.8 cm³/mol. The van der Waals surface area contributed by atoms with Gasteiger partial charge in [0.15, 0.2) is 6.10 Å². The zero-order valence-corrected chi connectivity index (χ0v) is 13.5. The van der Waals surface area contributed by atoms with Crippen LogP contribution in [0.4, 0.5) is 10.1 Å². The van der Waals surface area contributed by atoms with E-state index in [1.165, 1.54) is 6.92 Å². The van der Waals surface area contributed by atoms with Gasteiger partial charge in [0.25, 0.3) is 5.91 Å². The molecule has 3 atom stereocenters. The molecule has 6 nitrogen and oxygen atoms in total. The molecule has 0 N–H and O–H groups in total. The number of benzene rings is 1. The van der Waals surface area contributed by atoms with Gasteiger partial charge in [0.1, 0.15) is 5.82 Å². The van der Waals surface area contributed by atoms with Gasteiger partial charge in [0.05, 0.1) is 4.92 Å². The Morgan fingerprint density at radius 3 is 2.57 bits per heavy atom. The van der Waals surface area contributed by atoms with E-state index in [1.807, 2.05) is 13.8 Å². The maximum absolute atomic E-state index is 13.3. The summed E-state index contributed by atoms with van der Waals surface area (Å²) in [5.41, 5.74) is -0.356. The van der Waals surface area contributed by atoms with Crippen molar-refractivity contribution in [1.82, 2.24) is 4.90 Å². The average molecular weight is 324 g/mol. The number of amides is 1. The van der Waals surface area contributed by atoms with Gasteiger partial charge in [0, 0.05) is 24.2 Å². The van der Waals surface area contributed by atoms with Gasteiger partial charge in [0.2, 0.25) is 5.75 Å². The highest BCUT2D eigenvalue weighted by Gasteiger charge is 2.33. The number of hydrogen-bond acceptors (Lipinski definition) is 4. The highest BCUT2D eigenvalue weighted by atomic mass is 19.1. The number of piperidine rings is 1. The Kier molecular flexibility index (Phi) is 5.18. The number of rotatable bonds is 4. The van der Waals surface area contributed by atoms with Crippen LogP contribution in [-0.4, -0.2) is 33.9 Å². The molecule has 126 valence electrons. The summed E-state index contributed by atoms with van der Waals surface area (Å²) in [5, 5.41) is 11.0. The summed E-state index contributed by atoms with van der Waals surface area (Å²) in [6.45, 7) is 5.49. The lowest BCUT2D eigenvalue weighted by molar-refractivity contribution is -0.386. The molecule has 0 aliphatic carbocycles. The Bertz CT molecular complexity index is 598. The van der Waals surface area contributed by atoms with Crippen LogP contribution in [0.25, 0.3) is 0 Å². The number of likely N-dealkylation sites (tertiary alicyclic amines) is 1. The van der Waals surface area contributed by atoms with E-state index in [4.69, 9.17) is 4.74 Å². The van der Waals surface area contributed by atoms with Gasteiger partial charge >= 0.3 is 5.69 Å². The Labute approximate surface area is 134 Å². The molecule has 2 rings (SSSR count). The first-order valence-corrected chi connectivity index (χ1v) is 7.74. The SMILES string of the molecule is C[C@@H](Oc1cc(F)ccc1[N+](=O)[O-])C(=O)N1[C@@H](C)CCC[C@@H]1C. The summed E-state index contributed by atoms with van der Waals surface area (Å²) in [5.74, 6) is -1.11. The standard InChI is InChI=1S/C16H21FN2O4/c1-10-5-4-6-11(2)18(10)16(20)12(3)23-15-9-13(17)7-8-14(15)19(21)22/h7-12H,4-6H2,1-3H3/t10-,11-,12+/m0/s1. The van der Waals surface area contributed by atoms with E-state index < -0.39 is 16.8 Å². The molecule has 1 fully saturated rings. The van der Waals surface area contributed by atoms with Gasteiger partial charge in [-0.3, -0.25) is 14.9 Å². The molecule has 23 heavy (non-hydrogen) atoms. The van der Waals surface area contributed by atoms with Crippen LogP contribution in [0, 0.1) is 15.9 Å². The lowest BCUT2D eigenvalue weighted by Crippen LogP contribution is -2.51. The molecule has 1 aromatic carbocycles. The third kappa shape index (κ3) is 3.78. The molecule has 1 aromatic rings. The van der Waals surface area contributed by atoms with Gasteiger partial charge in [-0.15, -0.1) is 0 Å². The van der Waals surface area contributed by atoms with Gasteiger partial charge in [-0.1, -0.05) is 0 Å². The van der Waals surface area contributed by atoms with Crippen molar-refractivity contribution in [3.8, 4) is 5.75 Å². The first-order valence-electron chi connectivity index (χ1n) is 7.74. The van der Waals surface area contributed by atoms with Gasteiger partial charge in [-0.25, -0.2) is 4.39 Å². The lowest BCUT2D eigenvalue weighted by atomic mass is 9.97. The van der Waals surface area contributed by atoms with Crippen LogP contribution in [0.1, 0.15) is 40.0 Å². The van der Waals surface area contributed by atoms with Crippen LogP contribution in [0.2, 0.25) is 0 Å². The fraction of sp³-hybridized carbons (Fsp3) is 0.562. The number of carbonyl (C=O) groups excluding carboxylic acids is 1.